The lowest BCUT2D eigenvalue weighted by atomic mass is 10.1. The van der Waals surface area contributed by atoms with Crippen LogP contribution in [0.15, 0.2) is 42.6 Å². The number of piperidine rings is 1. The molecule has 0 spiro atoms. The number of halogens is 3. The number of hydrogen-bond donors (Lipinski definition) is 0. The van der Waals surface area contributed by atoms with Crippen LogP contribution < -0.4 is 9.80 Å². The van der Waals surface area contributed by atoms with Crippen LogP contribution in [0.4, 0.5) is 24.7 Å². The van der Waals surface area contributed by atoms with Gasteiger partial charge in [0.15, 0.2) is 0 Å². The van der Waals surface area contributed by atoms with Crippen molar-refractivity contribution in [2.24, 2.45) is 0 Å². The highest BCUT2D eigenvalue weighted by Crippen LogP contribution is 2.32. The van der Waals surface area contributed by atoms with Crippen molar-refractivity contribution in [3.63, 3.8) is 0 Å². The number of rotatable bonds is 3. The third kappa shape index (κ3) is 4.37. The largest absolute Gasteiger partial charge is 0.416 e. The Morgan fingerprint density at radius 1 is 0.867 bits per heavy atom. The molecule has 1 aromatic heterocycles. The van der Waals surface area contributed by atoms with Gasteiger partial charge in [-0.3, -0.25) is 4.79 Å². The number of carbonyl (C=O) groups excluding carboxylic acids is 1. The third-order valence-electron chi connectivity index (χ3n) is 5.78. The fourth-order valence-corrected chi connectivity index (χ4v) is 4.14. The quantitative estimate of drug-likeness (QED) is 0.754. The normalized spacial score (nSPS) is 17.9. The molecule has 2 fully saturated rings. The van der Waals surface area contributed by atoms with Gasteiger partial charge in [-0.1, -0.05) is 6.07 Å². The predicted octanol–water partition coefficient (Wildman–Crippen LogP) is 4.05. The summed E-state index contributed by atoms with van der Waals surface area (Å²) in [5.41, 5.74) is 0.485. The first-order valence-corrected chi connectivity index (χ1v) is 10.3. The van der Waals surface area contributed by atoms with E-state index in [1.165, 1.54) is 18.6 Å². The average molecular weight is 418 g/mol. The second-order valence-electron chi connectivity index (χ2n) is 7.75. The molecule has 3 heterocycles. The smallest absolute Gasteiger partial charge is 0.368 e. The molecule has 0 bridgehead atoms. The number of carbonyl (C=O) groups is 1. The lowest BCUT2D eigenvalue weighted by Gasteiger charge is -2.37. The van der Waals surface area contributed by atoms with Crippen LogP contribution in [-0.2, 0) is 6.18 Å². The maximum Gasteiger partial charge on any atom is 0.416 e. The highest BCUT2D eigenvalue weighted by molar-refractivity contribution is 5.99. The van der Waals surface area contributed by atoms with Gasteiger partial charge in [0.05, 0.1) is 11.1 Å². The van der Waals surface area contributed by atoms with Gasteiger partial charge in [0.1, 0.15) is 5.82 Å². The Bertz CT molecular complexity index is 888. The van der Waals surface area contributed by atoms with Crippen molar-refractivity contribution in [1.29, 1.82) is 0 Å². The molecule has 1 aromatic carbocycles. The first kappa shape index (κ1) is 20.5. The highest BCUT2D eigenvalue weighted by Gasteiger charge is 2.31. The van der Waals surface area contributed by atoms with Gasteiger partial charge in [-0.25, -0.2) is 4.98 Å². The van der Waals surface area contributed by atoms with E-state index >= 15 is 0 Å². The Balaban J connectivity index is 1.44. The third-order valence-corrected chi connectivity index (χ3v) is 5.78. The minimum atomic E-state index is -4.36. The molecule has 1 amide bonds. The van der Waals surface area contributed by atoms with Crippen molar-refractivity contribution >= 4 is 17.4 Å². The molecule has 2 aliphatic heterocycles. The topological polar surface area (TPSA) is 39.7 Å². The van der Waals surface area contributed by atoms with Gasteiger partial charge in [-0.15, -0.1) is 0 Å². The summed E-state index contributed by atoms with van der Waals surface area (Å²) in [5.74, 6) is 0.676. The minimum absolute atomic E-state index is 0.0626. The van der Waals surface area contributed by atoms with Crippen LogP contribution in [0.3, 0.4) is 0 Å². The second kappa shape index (κ2) is 8.53. The van der Waals surface area contributed by atoms with E-state index in [-0.39, 0.29) is 5.91 Å². The molecular formula is C22H25F3N4O. The van der Waals surface area contributed by atoms with Crippen molar-refractivity contribution in [3.8, 4) is 0 Å². The Hall–Kier alpha value is -2.77. The summed E-state index contributed by atoms with van der Waals surface area (Å²) in [6.07, 6.45) is 0.745. The van der Waals surface area contributed by atoms with E-state index in [1.54, 1.807) is 23.2 Å². The number of amides is 1. The number of nitrogens with zero attached hydrogens (tertiary/aromatic N) is 4. The van der Waals surface area contributed by atoms with Gasteiger partial charge >= 0.3 is 6.18 Å². The van der Waals surface area contributed by atoms with Gasteiger partial charge in [-0.05, 0) is 49.6 Å². The van der Waals surface area contributed by atoms with Crippen molar-refractivity contribution in [2.75, 3.05) is 49.1 Å². The molecule has 0 unspecified atom stereocenters. The minimum Gasteiger partial charge on any atom is -0.368 e. The maximum absolute atomic E-state index is 13.2. The zero-order chi connectivity index (χ0) is 21.1. The number of pyridine rings is 1. The molecule has 4 rings (SSSR count). The fraction of sp³-hybridized carbons (Fsp3) is 0.455. The summed E-state index contributed by atoms with van der Waals surface area (Å²) in [7, 11) is 0. The van der Waals surface area contributed by atoms with Crippen LogP contribution in [0.25, 0.3) is 0 Å². The number of hydrogen-bond acceptors (Lipinski definition) is 4. The Kier molecular flexibility index (Phi) is 5.83. The molecule has 160 valence electrons. The molecule has 2 saturated heterocycles. The molecule has 0 radical (unpaired) electrons. The Labute approximate surface area is 174 Å². The predicted molar refractivity (Wildman–Crippen MR) is 110 cm³/mol. The summed E-state index contributed by atoms with van der Waals surface area (Å²) in [4.78, 5) is 23.5. The van der Waals surface area contributed by atoms with Crippen molar-refractivity contribution in [3.05, 3.63) is 53.7 Å². The average Bonchev–Trinajstić information content (AvgIpc) is 2.79. The van der Waals surface area contributed by atoms with Crippen molar-refractivity contribution < 1.29 is 18.0 Å². The molecule has 5 nitrogen and oxygen atoms in total. The Morgan fingerprint density at radius 3 is 2.30 bits per heavy atom. The molecular weight excluding hydrogens is 393 g/mol. The Morgan fingerprint density at radius 2 is 1.60 bits per heavy atom. The molecule has 0 N–H and O–H groups in total. The molecule has 0 atom stereocenters. The second-order valence-corrected chi connectivity index (χ2v) is 7.75. The van der Waals surface area contributed by atoms with Gasteiger partial charge in [-0.2, -0.15) is 13.2 Å². The first-order valence-electron chi connectivity index (χ1n) is 10.3. The van der Waals surface area contributed by atoms with E-state index in [0.717, 1.165) is 37.8 Å². The zero-order valence-corrected chi connectivity index (χ0v) is 16.7. The molecule has 2 aromatic rings. The van der Waals surface area contributed by atoms with E-state index < -0.39 is 11.7 Å². The number of benzene rings is 1. The number of piperazine rings is 1. The monoisotopic (exact) mass is 418 g/mol. The summed E-state index contributed by atoms with van der Waals surface area (Å²) < 4.78 is 39.0. The molecule has 30 heavy (non-hydrogen) atoms. The number of alkyl halides is 3. The van der Waals surface area contributed by atoms with Gasteiger partial charge in [0.2, 0.25) is 0 Å². The van der Waals surface area contributed by atoms with E-state index in [2.05, 4.69) is 9.88 Å². The van der Waals surface area contributed by atoms with E-state index in [9.17, 15) is 18.0 Å². The fourth-order valence-electron chi connectivity index (χ4n) is 4.14. The molecule has 2 aliphatic rings. The number of aromatic nitrogens is 1. The SMILES string of the molecule is O=C(c1cccnc1N1CCCCC1)N1CCN(c2cccc(C(F)(F)F)c2)CC1. The highest BCUT2D eigenvalue weighted by atomic mass is 19.4. The van der Waals surface area contributed by atoms with Crippen LogP contribution in [0.2, 0.25) is 0 Å². The lowest BCUT2D eigenvalue weighted by molar-refractivity contribution is -0.137. The standard InChI is InChI=1S/C22H25F3N4O/c23-22(24,25)17-6-4-7-18(16-17)27-12-14-29(15-13-27)21(30)19-8-5-9-26-20(19)28-10-2-1-3-11-28/h4-9,16H,1-3,10-15H2. The van der Waals surface area contributed by atoms with Crippen LogP contribution >= 0.6 is 0 Å². The van der Waals surface area contributed by atoms with Gasteiger partial charge < -0.3 is 14.7 Å². The van der Waals surface area contributed by atoms with Gasteiger partial charge in [0, 0.05) is 51.2 Å². The number of anilines is 2. The summed E-state index contributed by atoms with van der Waals surface area (Å²) >= 11 is 0. The molecule has 0 saturated carbocycles. The van der Waals surface area contributed by atoms with E-state index in [1.807, 2.05) is 11.0 Å². The molecule has 8 heteroatoms. The first-order chi connectivity index (χ1) is 14.4. The summed E-state index contributed by atoms with van der Waals surface area (Å²) in [6.45, 7) is 3.72. The van der Waals surface area contributed by atoms with Crippen LogP contribution in [0.5, 0.6) is 0 Å². The zero-order valence-electron chi connectivity index (χ0n) is 16.7. The van der Waals surface area contributed by atoms with Crippen molar-refractivity contribution in [1.82, 2.24) is 9.88 Å². The van der Waals surface area contributed by atoms with Crippen molar-refractivity contribution in [2.45, 2.75) is 25.4 Å². The van der Waals surface area contributed by atoms with Gasteiger partial charge in [0.25, 0.3) is 5.91 Å². The molecule has 0 aliphatic carbocycles. The maximum atomic E-state index is 13.2. The summed E-state index contributed by atoms with van der Waals surface area (Å²) in [6, 6.07) is 8.96. The van der Waals surface area contributed by atoms with E-state index in [4.69, 9.17) is 0 Å². The van der Waals surface area contributed by atoms with Crippen LogP contribution in [0, 0.1) is 0 Å². The van der Waals surface area contributed by atoms with Crippen LogP contribution in [0.1, 0.15) is 35.2 Å². The van der Waals surface area contributed by atoms with Crippen LogP contribution in [-0.4, -0.2) is 55.1 Å². The summed E-state index contributed by atoms with van der Waals surface area (Å²) in [5, 5.41) is 0. The lowest BCUT2D eigenvalue weighted by Crippen LogP contribution is -2.49. The van der Waals surface area contributed by atoms with E-state index in [0.29, 0.717) is 37.4 Å².